The zero-order valence-corrected chi connectivity index (χ0v) is 7.30. The molecular weight excluding hydrogens is 188 g/mol. The molecular formula is C9H5ClN2O. The fourth-order valence-electron chi connectivity index (χ4n) is 1.17. The summed E-state index contributed by atoms with van der Waals surface area (Å²) in [5, 5.41) is 9.89. The number of rotatable bonds is 0. The van der Waals surface area contributed by atoms with Crippen LogP contribution in [0.1, 0.15) is 5.76 Å². The van der Waals surface area contributed by atoms with Crippen LogP contribution in [0.2, 0.25) is 5.02 Å². The van der Waals surface area contributed by atoms with Crippen molar-refractivity contribution in [2.75, 3.05) is 5.73 Å². The van der Waals surface area contributed by atoms with Gasteiger partial charge in [0.1, 0.15) is 11.7 Å². The lowest BCUT2D eigenvalue weighted by atomic mass is 10.2. The predicted octanol–water partition coefficient (Wildman–Crippen LogP) is 2.54. The average molecular weight is 193 g/mol. The fraction of sp³-hybridized carbons (Fsp3) is 0. The van der Waals surface area contributed by atoms with Crippen LogP contribution in [0.3, 0.4) is 0 Å². The molecule has 0 radical (unpaired) electrons. The number of hydrogen-bond acceptors (Lipinski definition) is 3. The number of nitriles is 1. The van der Waals surface area contributed by atoms with E-state index in [-0.39, 0.29) is 5.76 Å². The first-order valence-corrected chi connectivity index (χ1v) is 3.98. The molecule has 1 heterocycles. The van der Waals surface area contributed by atoms with E-state index in [9.17, 15) is 0 Å². The van der Waals surface area contributed by atoms with E-state index in [0.29, 0.717) is 21.7 Å². The number of hydrogen-bond donors (Lipinski definition) is 1. The van der Waals surface area contributed by atoms with Gasteiger partial charge in [-0.25, -0.2) is 0 Å². The van der Waals surface area contributed by atoms with Gasteiger partial charge >= 0.3 is 0 Å². The van der Waals surface area contributed by atoms with E-state index in [4.69, 9.17) is 27.0 Å². The Bertz CT molecular complexity index is 510. The van der Waals surface area contributed by atoms with Gasteiger partial charge in [-0.3, -0.25) is 0 Å². The van der Waals surface area contributed by atoms with Gasteiger partial charge in [0.25, 0.3) is 0 Å². The van der Waals surface area contributed by atoms with E-state index in [1.54, 1.807) is 18.2 Å². The lowest BCUT2D eigenvalue weighted by Gasteiger charge is -1.89. The first-order valence-electron chi connectivity index (χ1n) is 3.60. The standard InChI is InChI=1S/C9H5ClN2O/c10-5-1-2-7-6(3-5)9(12)8(4-11)13-7/h1-3H,12H2. The zero-order chi connectivity index (χ0) is 9.42. The smallest absolute Gasteiger partial charge is 0.227 e. The number of anilines is 1. The van der Waals surface area contributed by atoms with Crippen molar-refractivity contribution in [3.8, 4) is 6.07 Å². The lowest BCUT2D eigenvalue weighted by molar-refractivity contribution is 0.601. The van der Waals surface area contributed by atoms with Gasteiger partial charge in [-0.05, 0) is 18.2 Å². The largest absolute Gasteiger partial charge is 0.443 e. The van der Waals surface area contributed by atoms with Gasteiger partial charge in [0.2, 0.25) is 5.76 Å². The summed E-state index contributed by atoms with van der Waals surface area (Å²) in [5.74, 6) is 0.136. The highest BCUT2D eigenvalue weighted by Gasteiger charge is 2.10. The molecule has 0 bridgehead atoms. The number of halogens is 1. The molecule has 0 unspecified atom stereocenters. The summed E-state index contributed by atoms with van der Waals surface area (Å²) >= 11 is 5.76. The van der Waals surface area contributed by atoms with Crippen molar-refractivity contribution in [1.82, 2.24) is 0 Å². The van der Waals surface area contributed by atoms with Crippen LogP contribution in [0.25, 0.3) is 11.0 Å². The summed E-state index contributed by atoms with van der Waals surface area (Å²) in [6, 6.07) is 6.92. The molecule has 0 spiro atoms. The molecule has 1 aromatic heterocycles. The molecule has 2 N–H and O–H groups in total. The lowest BCUT2D eigenvalue weighted by Crippen LogP contribution is -1.84. The van der Waals surface area contributed by atoms with Gasteiger partial charge in [-0.15, -0.1) is 0 Å². The second-order valence-electron chi connectivity index (χ2n) is 2.60. The molecule has 0 amide bonds. The van der Waals surface area contributed by atoms with Crippen LogP contribution in [0.4, 0.5) is 5.69 Å². The fourth-order valence-corrected chi connectivity index (χ4v) is 1.34. The van der Waals surface area contributed by atoms with Gasteiger partial charge in [0.15, 0.2) is 0 Å². The second kappa shape index (κ2) is 2.68. The first kappa shape index (κ1) is 7.96. The normalized spacial score (nSPS) is 10.2. The minimum Gasteiger partial charge on any atom is -0.443 e. The van der Waals surface area contributed by atoms with Crippen molar-refractivity contribution in [2.24, 2.45) is 0 Å². The van der Waals surface area contributed by atoms with Crippen molar-refractivity contribution in [1.29, 1.82) is 5.26 Å². The number of furan rings is 1. The number of benzene rings is 1. The van der Waals surface area contributed by atoms with E-state index < -0.39 is 0 Å². The molecule has 0 saturated carbocycles. The maximum Gasteiger partial charge on any atom is 0.227 e. The van der Waals surface area contributed by atoms with E-state index in [1.807, 2.05) is 6.07 Å². The van der Waals surface area contributed by atoms with Gasteiger partial charge < -0.3 is 10.2 Å². The summed E-state index contributed by atoms with van der Waals surface area (Å²) in [5.41, 5.74) is 6.57. The van der Waals surface area contributed by atoms with E-state index in [1.165, 1.54) is 0 Å². The minimum atomic E-state index is 0.136. The molecule has 1 aromatic carbocycles. The van der Waals surface area contributed by atoms with Gasteiger partial charge in [-0.1, -0.05) is 11.6 Å². The van der Waals surface area contributed by atoms with Gasteiger partial charge in [0, 0.05) is 10.4 Å². The summed E-state index contributed by atoms with van der Waals surface area (Å²) in [4.78, 5) is 0. The maximum absolute atomic E-state index is 8.63. The summed E-state index contributed by atoms with van der Waals surface area (Å²) < 4.78 is 5.16. The van der Waals surface area contributed by atoms with Crippen molar-refractivity contribution in [3.63, 3.8) is 0 Å². The number of nitrogens with zero attached hydrogens (tertiary/aromatic N) is 1. The van der Waals surface area contributed by atoms with Crippen LogP contribution in [-0.2, 0) is 0 Å². The Morgan fingerprint density at radius 3 is 2.92 bits per heavy atom. The zero-order valence-electron chi connectivity index (χ0n) is 6.54. The minimum absolute atomic E-state index is 0.136. The highest BCUT2D eigenvalue weighted by Crippen LogP contribution is 2.29. The van der Waals surface area contributed by atoms with Gasteiger partial charge in [-0.2, -0.15) is 5.26 Å². The Balaban J connectivity index is 2.87. The van der Waals surface area contributed by atoms with Crippen molar-refractivity contribution < 1.29 is 4.42 Å². The molecule has 64 valence electrons. The molecule has 2 rings (SSSR count). The van der Waals surface area contributed by atoms with Crippen molar-refractivity contribution in [3.05, 3.63) is 29.0 Å². The van der Waals surface area contributed by atoms with Crippen molar-refractivity contribution in [2.45, 2.75) is 0 Å². The Morgan fingerprint density at radius 2 is 2.23 bits per heavy atom. The molecule has 0 atom stereocenters. The predicted molar refractivity (Wildman–Crippen MR) is 50.4 cm³/mol. The molecule has 0 aliphatic carbocycles. The maximum atomic E-state index is 8.63. The molecule has 4 heteroatoms. The Morgan fingerprint density at radius 1 is 1.46 bits per heavy atom. The number of nitrogen functional groups attached to an aromatic ring is 1. The van der Waals surface area contributed by atoms with E-state index in [2.05, 4.69) is 0 Å². The molecule has 0 aliphatic heterocycles. The molecule has 3 nitrogen and oxygen atoms in total. The average Bonchev–Trinajstić information content (AvgIpc) is 2.44. The van der Waals surface area contributed by atoms with Gasteiger partial charge in [0.05, 0.1) is 5.69 Å². The van der Waals surface area contributed by atoms with Crippen LogP contribution in [0.15, 0.2) is 22.6 Å². The molecule has 0 aliphatic rings. The first-order chi connectivity index (χ1) is 6.22. The van der Waals surface area contributed by atoms with E-state index >= 15 is 0 Å². The number of nitrogens with two attached hydrogens (primary N) is 1. The van der Waals surface area contributed by atoms with Crippen LogP contribution in [0.5, 0.6) is 0 Å². The summed E-state index contributed by atoms with van der Waals surface area (Å²) in [6.07, 6.45) is 0. The topological polar surface area (TPSA) is 63.0 Å². The monoisotopic (exact) mass is 192 g/mol. The van der Waals surface area contributed by atoms with Crippen molar-refractivity contribution >= 4 is 28.3 Å². The molecule has 2 aromatic rings. The third-order valence-electron chi connectivity index (χ3n) is 1.79. The Labute approximate surface area is 79.3 Å². The van der Waals surface area contributed by atoms with Crippen LogP contribution < -0.4 is 5.73 Å². The SMILES string of the molecule is N#Cc1oc2ccc(Cl)cc2c1N. The van der Waals surface area contributed by atoms with Crippen LogP contribution in [-0.4, -0.2) is 0 Å². The van der Waals surface area contributed by atoms with Crippen LogP contribution in [0, 0.1) is 11.3 Å². The molecule has 13 heavy (non-hydrogen) atoms. The van der Waals surface area contributed by atoms with Crippen LogP contribution >= 0.6 is 11.6 Å². The molecule has 0 saturated heterocycles. The summed E-state index contributed by atoms with van der Waals surface area (Å²) in [7, 11) is 0. The second-order valence-corrected chi connectivity index (χ2v) is 3.03. The number of fused-ring (bicyclic) bond motifs is 1. The third kappa shape index (κ3) is 1.12. The van der Waals surface area contributed by atoms with E-state index in [0.717, 1.165) is 0 Å². The Hall–Kier alpha value is -1.66. The highest BCUT2D eigenvalue weighted by molar-refractivity contribution is 6.31. The molecule has 0 fully saturated rings. The summed E-state index contributed by atoms with van der Waals surface area (Å²) in [6.45, 7) is 0. The highest BCUT2D eigenvalue weighted by atomic mass is 35.5. The Kier molecular flexibility index (Phi) is 1.64. The quantitative estimate of drug-likeness (QED) is 0.698. The third-order valence-corrected chi connectivity index (χ3v) is 2.03.